The summed E-state index contributed by atoms with van der Waals surface area (Å²) >= 11 is 5.81. The fraction of sp³-hybridized carbons (Fsp3) is 0.480. The van der Waals surface area contributed by atoms with Gasteiger partial charge in [0.05, 0.1) is 13.2 Å². The predicted octanol–water partition coefficient (Wildman–Crippen LogP) is 5.04. The Morgan fingerprint density at radius 2 is 1.73 bits per heavy atom. The smallest absolute Gasteiger partial charge is 0.173 e. The minimum atomic E-state index is 0.549. The summed E-state index contributed by atoms with van der Waals surface area (Å²) in [6.45, 7) is 13.1. The van der Waals surface area contributed by atoms with E-state index in [4.69, 9.17) is 17.0 Å². The van der Waals surface area contributed by atoms with Crippen LogP contribution < -0.4 is 5.32 Å². The third-order valence-corrected chi connectivity index (χ3v) is 5.98. The molecular formula is C25H35N3OS. The molecule has 1 aliphatic rings. The molecule has 30 heavy (non-hydrogen) atoms. The Morgan fingerprint density at radius 1 is 1.07 bits per heavy atom. The van der Waals surface area contributed by atoms with Crippen LogP contribution in [0.4, 0.5) is 5.69 Å². The third kappa shape index (κ3) is 7.08. The Hall–Kier alpha value is -1.95. The largest absolute Gasteiger partial charge is 0.379 e. The van der Waals surface area contributed by atoms with Crippen LogP contribution in [0.1, 0.15) is 42.9 Å². The highest BCUT2D eigenvalue weighted by Crippen LogP contribution is 2.17. The quantitative estimate of drug-likeness (QED) is 0.598. The molecule has 0 atom stereocenters. The van der Waals surface area contributed by atoms with Crippen LogP contribution in [0.15, 0.2) is 48.5 Å². The highest BCUT2D eigenvalue weighted by molar-refractivity contribution is 7.80. The van der Waals surface area contributed by atoms with E-state index >= 15 is 0 Å². The van der Waals surface area contributed by atoms with Crippen molar-refractivity contribution in [3.05, 3.63) is 65.2 Å². The Bertz CT molecular complexity index is 783. The summed E-state index contributed by atoms with van der Waals surface area (Å²) in [5.41, 5.74) is 4.95. The number of morpholine rings is 1. The average molecular weight is 426 g/mol. The van der Waals surface area contributed by atoms with Crippen molar-refractivity contribution in [3.63, 3.8) is 0 Å². The number of nitrogens with zero attached hydrogens (tertiary/aromatic N) is 2. The number of benzene rings is 2. The van der Waals surface area contributed by atoms with Crippen molar-refractivity contribution < 1.29 is 4.74 Å². The van der Waals surface area contributed by atoms with Gasteiger partial charge in [0.15, 0.2) is 5.11 Å². The monoisotopic (exact) mass is 425 g/mol. The first kappa shape index (κ1) is 22.7. The summed E-state index contributed by atoms with van der Waals surface area (Å²) < 4.78 is 5.46. The van der Waals surface area contributed by atoms with Crippen molar-refractivity contribution in [3.8, 4) is 0 Å². The maximum atomic E-state index is 5.81. The lowest BCUT2D eigenvalue weighted by Gasteiger charge is -2.30. The zero-order valence-electron chi connectivity index (χ0n) is 18.6. The molecule has 0 amide bonds. The van der Waals surface area contributed by atoms with Gasteiger partial charge in [-0.3, -0.25) is 4.90 Å². The lowest BCUT2D eigenvalue weighted by Crippen LogP contribution is -2.40. The van der Waals surface area contributed by atoms with Crippen LogP contribution in [0.3, 0.4) is 0 Å². The SMILES string of the molecule is Cc1ccc(NC(=S)N(CCCN2CCOCC2)Cc2ccc(C(C)C)cc2)cc1. The van der Waals surface area contributed by atoms with E-state index in [9.17, 15) is 0 Å². The Morgan fingerprint density at radius 3 is 2.37 bits per heavy atom. The molecule has 1 heterocycles. The molecule has 0 aromatic heterocycles. The molecule has 0 radical (unpaired) electrons. The molecular weight excluding hydrogens is 390 g/mol. The summed E-state index contributed by atoms with van der Waals surface area (Å²) in [5, 5.41) is 4.22. The van der Waals surface area contributed by atoms with E-state index in [2.05, 4.69) is 84.4 Å². The second-order valence-corrected chi connectivity index (χ2v) is 8.81. The van der Waals surface area contributed by atoms with Gasteiger partial charge >= 0.3 is 0 Å². The van der Waals surface area contributed by atoms with Gasteiger partial charge in [0.1, 0.15) is 0 Å². The third-order valence-electron chi connectivity index (χ3n) is 5.62. The zero-order chi connectivity index (χ0) is 21.3. The van der Waals surface area contributed by atoms with Crippen LogP contribution in [0.25, 0.3) is 0 Å². The lowest BCUT2D eigenvalue weighted by molar-refractivity contribution is 0.0368. The molecule has 1 fully saturated rings. The van der Waals surface area contributed by atoms with Crippen molar-refractivity contribution in [2.24, 2.45) is 0 Å². The molecule has 0 bridgehead atoms. The van der Waals surface area contributed by atoms with Crippen molar-refractivity contribution >= 4 is 23.0 Å². The summed E-state index contributed by atoms with van der Waals surface area (Å²) in [5.74, 6) is 0.549. The molecule has 0 aliphatic carbocycles. The van der Waals surface area contributed by atoms with E-state index in [1.807, 2.05) is 0 Å². The summed E-state index contributed by atoms with van der Waals surface area (Å²) in [6.07, 6.45) is 1.08. The summed E-state index contributed by atoms with van der Waals surface area (Å²) in [4.78, 5) is 4.77. The van der Waals surface area contributed by atoms with Gasteiger partial charge in [-0.1, -0.05) is 55.8 Å². The Kier molecular flexibility index (Phi) is 8.67. The van der Waals surface area contributed by atoms with Gasteiger partial charge in [0, 0.05) is 38.4 Å². The number of rotatable bonds is 8. The van der Waals surface area contributed by atoms with Gasteiger partial charge in [0.25, 0.3) is 0 Å². The van der Waals surface area contributed by atoms with Crippen LogP contribution in [-0.4, -0.2) is 54.3 Å². The molecule has 162 valence electrons. The van der Waals surface area contributed by atoms with E-state index in [1.165, 1.54) is 16.7 Å². The van der Waals surface area contributed by atoms with Gasteiger partial charge in [-0.05, 0) is 54.7 Å². The lowest BCUT2D eigenvalue weighted by atomic mass is 10.0. The van der Waals surface area contributed by atoms with Gasteiger partial charge in [0.2, 0.25) is 0 Å². The number of hydrogen-bond acceptors (Lipinski definition) is 3. The van der Waals surface area contributed by atoms with Gasteiger partial charge < -0.3 is 15.0 Å². The maximum Gasteiger partial charge on any atom is 0.173 e. The highest BCUT2D eigenvalue weighted by atomic mass is 32.1. The highest BCUT2D eigenvalue weighted by Gasteiger charge is 2.14. The molecule has 4 nitrogen and oxygen atoms in total. The number of nitrogens with one attached hydrogen (secondary N) is 1. The summed E-state index contributed by atoms with van der Waals surface area (Å²) in [7, 11) is 0. The van der Waals surface area contributed by atoms with Crippen molar-refractivity contribution in [2.75, 3.05) is 44.7 Å². The fourth-order valence-corrected chi connectivity index (χ4v) is 3.90. The topological polar surface area (TPSA) is 27.7 Å². The molecule has 0 spiro atoms. The van der Waals surface area contributed by atoms with Gasteiger partial charge in [-0.2, -0.15) is 0 Å². The number of thiocarbonyl (C=S) groups is 1. The van der Waals surface area contributed by atoms with Crippen LogP contribution in [0.5, 0.6) is 0 Å². The van der Waals surface area contributed by atoms with Crippen molar-refractivity contribution in [1.82, 2.24) is 9.80 Å². The normalized spacial score (nSPS) is 14.7. The number of ether oxygens (including phenoxy) is 1. The minimum absolute atomic E-state index is 0.549. The van der Waals surface area contributed by atoms with Gasteiger partial charge in [-0.15, -0.1) is 0 Å². The second-order valence-electron chi connectivity index (χ2n) is 8.42. The van der Waals surface area contributed by atoms with E-state index in [0.717, 1.165) is 63.2 Å². The zero-order valence-corrected chi connectivity index (χ0v) is 19.4. The van der Waals surface area contributed by atoms with Crippen LogP contribution in [0, 0.1) is 6.92 Å². The molecule has 1 aliphatic heterocycles. The number of aryl methyl sites for hydroxylation is 1. The van der Waals surface area contributed by atoms with Crippen LogP contribution >= 0.6 is 12.2 Å². The minimum Gasteiger partial charge on any atom is -0.379 e. The van der Waals surface area contributed by atoms with Crippen LogP contribution in [-0.2, 0) is 11.3 Å². The first-order chi connectivity index (χ1) is 14.5. The van der Waals surface area contributed by atoms with E-state index in [0.29, 0.717) is 5.92 Å². The Labute approximate surface area is 187 Å². The standard InChI is InChI=1S/C25H35N3OS/c1-20(2)23-9-7-22(8-10-23)19-28(14-4-13-27-15-17-29-18-16-27)25(30)26-24-11-5-21(3)6-12-24/h5-12,20H,4,13-19H2,1-3H3,(H,26,30). The van der Waals surface area contributed by atoms with Crippen molar-refractivity contribution in [1.29, 1.82) is 0 Å². The molecule has 0 saturated carbocycles. The Balaban J connectivity index is 1.63. The number of anilines is 1. The summed E-state index contributed by atoms with van der Waals surface area (Å²) in [6, 6.07) is 17.3. The van der Waals surface area contributed by atoms with E-state index in [1.54, 1.807) is 0 Å². The van der Waals surface area contributed by atoms with Gasteiger partial charge in [-0.25, -0.2) is 0 Å². The number of hydrogen-bond donors (Lipinski definition) is 1. The maximum absolute atomic E-state index is 5.81. The molecule has 2 aromatic rings. The van der Waals surface area contributed by atoms with E-state index < -0.39 is 0 Å². The molecule has 0 unspecified atom stereocenters. The van der Waals surface area contributed by atoms with E-state index in [-0.39, 0.29) is 0 Å². The van der Waals surface area contributed by atoms with Crippen molar-refractivity contribution in [2.45, 2.75) is 39.7 Å². The predicted molar refractivity (Wildman–Crippen MR) is 130 cm³/mol. The first-order valence-electron chi connectivity index (χ1n) is 11.0. The average Bonchev–Trinajstić information content (AvgIpc) is 2.75. The molecule has 1 saturated heterocycles. The second kappa shape index (κ2) is 11.4. The molecule has 3 rings (SSSR count). The van der Waals surface area contributed by atoms with Crippen LogP contribution in [0.2, 0.25) is 0 Å². The molecule has 2 aromatic carbocycles. The molecule has 5 heteroatoms. The fourth-order valence-electron chi connectivity index (χ4n) is 3.63. The molecule has 1 N–H and O–H groups in total. The first-order valence-corrected chi connectivity index (χ1v) is 11.4.